The van der Waals surface area contributed by atoms with Crippen LogP contribution < -0.4 is 11.1 Å². The second kappa shape index (κ2) is 6.23. The predicted molar refractivity (Wildman–Crippen MR) is 79.5 cm³/mol. The van der Waals surface area contributed by atoms with Gasteiger partial charge in [0, 0.05) is 30.0 Å². The smallest absolute Gasteiger partial charge is 0.251 e. The van der Waals surface area contributed by atoms with Crippen LogP contribution in [-0.2, 0) is 6.54 Å². The van der Waals surface area contributed by atoms with Gasteiger partial charge < -0.3 is 11.1 Å². The highest BCUT2D eigenvalue weighted by atomic mass is 16.1. The largest absolute Gasteiger partial charge is 0.399 e. The normalized spacial score (nSPS) is 10.5. The average Bonchev–Trinajstić information content (AvgIpc) is 2.73. The fourth-order valence-corrected chi connectivity index (χ4v) is 2.07. The molecular weight excluding hydrogens is 252 g/mol. The number of rotatable bonds is 5. The van der Waals surface area contributed by atoms with Crippen LogP contribution in [0.15, 0.2) is 30.3 Å². The molecule has 2 rings (SSSR count). The van der Waals surface area contributed by atoms with E-state index in [2.05, 4.69) is 10.4 Å². The molecule has 0 fully saturated rings. The monoisotopic (exact) mass is 272 g/mol. The van der Waals surface area contributed by atoms with Crippen molar-refractivity contribution in [3.63, 3.8) is 0 Å². The van der Waals surface area contributed by atoms with Crippen LogP contribution in [0.4, 0.5) is 5.69 Å². The number of nitrogens with zero attached hydrogens (tertiary/aromatic N) is 2. The van der Waals surface area contributed by atoms with Crippen LogP contribution >= 0.6 is 0 Å². The van der Waals surface area contributed by atoms with Gasteiger partial charge in [-0.1, -0.05) is 0 Å². The number of carbonyl (C=O) groups is 1. The van der Waals surface area contributed by atoms with Crippen LogP contribution in [0.25, 0.3) is 0 Å². The number of carbonyl (C=O) groups excluding carboxylic acids is 1. The van der Waals surface area contributed by atoms with Gasteiger partial charge in [-0.25, -0.2) is 0 Å². The molecule has 0 unspecified atom stereocenters. The molecule has 20 heavy (non-hydrogen) atoms. The van der Waals surface area contributed by atoms with Crippen molar-refractivity contribution in [2.45, 2.75) is 26.8 Å². The fraction of sp³-hybridized carbons (Fsp3) is 0.333. The van der Waals surface area contributed by atoms with Crippen molar-refractivity contribution in [1.29, 1.82) is 0 Å². The molecule has 106 valence electrons. The minimum atomic E-state index is -0.0710. The molecule has 3 N–H and O–H groups in total. The zero-order valence-electron chi connectivity index (χ0n) is 11.9. The molecule has 0 saturated carbocycles. The molecule has 0 aliphatic rings. The van der Waals surface area contributed by atoms with Crippen LogP contribution in [0.2, 0.25) is 0 Å². The van der Waals surface area contributed by atoms with Crippen LogP contribution in [0, 0.1) is 13.8 Å². The Kier molecular flexibility index (Phi) is 4.40. The molecule has 0 spiro atoms. The third kappa shape index (κ3) is 3.60. The van der Waals surface area contributed by atoms with E-state index in [0.29, 0.717) is 17.8 Å². The van der Waals surface area contributed by atoms with Crippen molar-refractivity contribution in [2.24, 2.45) is 0 Å². The summed E-state index contributed by atoms with van der Waals surface area (Å²) in [5, 5.41) is 7.28. The van der Waals surface area contributed by atoms with Crippen molar-refractivity contribution in [1.82, 2.24) is 15.1 Å². The van der Waals surface area contributed by atoms with Crippen molar-refractivity contribution in [2.75, 3.05) is 12.3 Å². The number of aromatic nitrogens is 2. The van der Waals surface area contributed by atoms with E-state index in [1.807, 2.05) is 24.6 Å². The summed E-state index contributed by atoms with van der Waals surface area (Å²) in [6.45, 7) is 5.45. The van der Waals surface area contributed by atoms with Gasteiger partial charge in [0.05, 0.1) is 5.69 Å². The lowest BCUT2D eigenvalue weighted by Gasteiger charge is -2.07. The quantitative estimate of drug-likeness (QED) is 0.645. The number of nitrogen functional groups attached to an aromatic ring is 1. The van der Waals surface area contributed by atoms with Crippen molar-refractivity contribution in [3.05, 3.63) is 47.3 Å². The van der Waals surface area contributed by atoms with E-state index in [9.17, 15) is 4.79 Å². The highest BCUT2D eigenvalue weighted by Gasteiger charge is 2.04. The van der Waals surface area contributed by atoms with E-state index in [1.54, 1.807) is 24.3 Å². The zero-order chi connectivity index (χ0) is 14.5. The third-order valence-corrected chi connectivity index (χ3v) is 3.11. The van der Waals surface area contributed by atoms with Crippen LogP contribution in [0.3, 0.4) is 0 Å². The zero-order valence-corrected chi connectivity index (χ0v) is 11.9. The van der Waals surface area contributed by atoms with Gasteiger partial charge in [0.2, 0.25) is 0 Å². The summed E-state index contributed by atoms with van der Waals surface area (Å²) in [6.07, 6.45) is 0.850. The molecule has 0 aliphatic carbocycles. The SMILES string of the molecule is Cc1cc(C)n(CCCNC(=O)c2ccc(N)cc2)n1. The van der Waals surface area contributed by atoms with Crippen molar-refractivity contribution < 1.29 is 4.79 Å². The van der Waals surface area contributed by atoms with Crippen LogP contribution in [-0.4, -0.2) is 22.2 Å². The molecule has 0 atom stereocenters. The summed E-state index contributed by atoms with van der Waals surface area (Å²) in [5.74, 6) is -0.0710. The Labute approximate surface area is 118 Å². The van der Waals surface area contributed by atoms with Crippen LogP contribution in [0.5, 0.6) is 0 Å². The standard InChI is InChI=1S/C15H20N4O/c1-11-10-12(2)19(18-11)9-3-8-17-15(20)13-4-6-14(16)7-5-13/h4-7,10H,3,8-9,16H2,1-2H3,(H,17,20). The molecular formula is C15H20N4O. The molecule has 1 amide bonds. The Morgan fingerprint density at radius 1 is 1.30 bits per heavy atom. The minimum absolute atomic E-state index is 0.0710. The summed E-state index contributed by atoms with van der Waals surface area (Å²) in [7, 11) is 0. The van der Waals surface area contributed by atoms with Gasteiger partial charge in [-0.2, -0.15) is 5.10 Å². The van der Waals surface area contributed by atoms with Gasteiger partial charge in [-0.15, -0.1) is 0 Å². The molecule has 5 heteroatoms. The number of nitrogens with one attached hydrogen (secondary N) is 1. The Hall–Kier alpha value is -2.30. The van der Waals surface area contributed by atoms with Crippen LogP contribution in [0.1, 0.15) is 28.2 Å². The van der Waals surface area contributed by atoms with E-state index < -0.39 is 0 Å². The highest BCUT2D eigenvalue weighted by Crippen LogP contribution is 2.05. The van der Waals surface area contributed by atoms with E-state index in [1.165, 1.54) is 0 Å². The number of aryl methyl sites for hydroxylation is 3. The second-order valence-electron chi connectivity index (χ2n) is 4.88. The third-order valence-electron chi connectivity index (χ3n) is 3.11. The fourth-order valence-electron chi connectivity index (χ4n) is 2.07. The van der Waals surface area contributed by atoms with Gasteiger partial charge in [0.15, 0.2) is 0 Å². The maximum Gasteiger partial charge on any atom is 0.251 e. The highest BCUT2D eigenvalue weighted by molar-refractivity contribution is 5.94. The summed E-state index contributed by atoms with van der Waals surface area (Å²) in [4.78, 5) is 11.9. The number of hydrogen-bond donors (Lipinski definition) is 2. The summed E-state index contributed by atoms with van der Waals surface area (Å²) in [5.41, 5.74) is 9.04. The number of nitrogens with two attached hydrogens (primary N) is 1. The lowest BCUT2D eigenvalue weighted by Crippen LogP contribution is -2.25. The Morgan fingerprint density at radius 2 is 2.00 bits per heavy atom. The Bertz CT molecular complexity index is 586. The maximum absolute atomic E-state index is 11.9. The molecule has 2 aromatic rings. The van der Waals surface area contributed by atoms with Gasteiger partial charge in [0.25, 0.3) is 5.91 Å². The number of benzene rings is 1. The molecule has 0 radical (unpaired) electrons. The number of hydrogen-bond acceptors (Lipinski definition) is 3. The molecule has 0 aliphatic heterocycles. The first-order chi connectivity index (χ1) is 9.56. The summed E-state index contributed by atoms with van der Waals surface area (Å²) < 4.78 is 1.96. The first kappa shape index (κ1) is 14.1. The Balaban J connectivity index is 1.77. The van der Waals surface area contributed by atoms with E-state index in [0.717, 1.165) is 24.4 Å². The van der Waals surface area contributed by atoms with E-state index in [-0.39, 0.29) is 5.91 Å². The maximum atomic E-state index is 11.9. The summed E-state index contributed by atoms with van der Waals surface area (Å²) >= 11 is 0. The van der Waals surface area contributed by atoms with Gasteiger partial charge in [-0.3, -0.25) is 9.48 Å². The Morgan fingerprint density at radius 3 is 2.60 bits per heavy atom. The van der Waals surface area contributed by atoms with Gasteiger partial charge in [0.1, 0.15) is 0 Å². The summed E-state index contributed by atoms with van der Waals surface area (Å²) in [6, 6.07) is 8.96. The average molecular weight is 272 g/mol. The van der Waals surface area contributed by atoms with Crippen molar-refractivity contribution >= 4 is 11.6 Å². The molecule has 1 aromatic heterocycles. The molecule has 0 saturated heterocycles. The van der Waals surface area contributed by atoms with Gasteiger partial charge >= 0.3 is 0 Å². The van der Waals surface area contributed by atoms with E-state index >= 15 is 0 Å². The first-order valence-corrected chi connectivity index (χ1v) is 6.71. The van der Waals surface area contributed by atoms with E-state index in [4.69, 9.17) is 5.73 Å². The van der Waals surface area contributed by atoms with Gasteiger partial charge in [-0.05, 0) is 50.6 Å². The molecule has 5 nitrogen and oxygen atoms in total. The second-order valence-corrected chi connectivity index (χ2v) is 4.88. The first-order valence-electron chi connectivity index (χ1n) is 6.71. The lowest BCUT2D eigenvalue weighted by molar-refractivity contribution is 0.0952. The molecule has 1 heterocycles. The lowest BCUT2D eigenvalue weighted by atomic mass is 10.2. The predicted octanol–water partition coefficient (Wildman–Crippen LogP) is 1.90. The number of anilines is 1. The minimum Gasteiger partial charge on any atom is -0.399 e. The molecule has 1 aromatic carbocycles. The molecule has 0 bridgehead atoms. The number of amides is 1. The topological polar surface area (TPSA) is 72.9 Å². The van der Waals surface area contributed by atoms with Crippen molar-refractivity contribution in [3.8, 4) is 0 Å².